The van der Waals surface area contributed by atoms with Crippen molar-refractivity contribution in [2.24, 2.45) is 0 Å². The second-order valence-electron chi connectivity index (χ2n) is 4.79. The fourth-order valence-electron chi connectivity index (χ4n) is 2.38. The highest BCUT2D eigenvalue weighted by Gasteiger charge is 2.07. The Hall–Kier alpha value is -2.62. The van der Waals surface area contributed by atoms with Gasteiger partial charge in [0.15, 0.2) is 0 Å². The largest absolute Gasteiger partial charge is 0.481 e. The van der Waals surface area contributed by atoms with Crippen LogP contribution in [0.2, 0.25) is 0 Å². The summed E-state index contributed by atoms with van der Waals surface area (Å²) in [5.74, 6) is -0.821. The minimum absolute atomic E-state index is 0.0345. The lowest BCUT2D eigenvalue weighted by atomic mass is 10.1. The Balaban J connectivity index is 2.13. The van der Waals surface area contributed by atoms with Crippen molar-refractivity contribution in [2.75, 3.05) is 0 Å². The summed E-state index contributed by atoms with van der Waals surface area (Å²) in [7, 11) is 0. The monoisotopic (exact) mass is 266 g/mol. The minimum atomic E-state index is -0.821. The number of carboxylic acid groups (broad SMARTS) is 1. The summed E-state index contributed by atoms with van der Waals surface area (Å²) in [5.41, 5.74) is 4.65. The van der Waals surface area contributed by atoms with Crippen LogP contribution in [0.25, 0.3) is 16.9 Å². The quantitative estimate of drug-likeness (QED) is 0.793. The molecule has 4 nitrogen and oxygen atoms in total. The van der Waals surface area contributed by atoms with Gasteiger partial charge in [-0.15, -0.1) is 0 Å². The Labute approximate surface area is 116 Å². The molecule has 1 aromatic carbocycles. The summed E-state index contributed by atoms with van der Waals surface area (Å²) in [6.45, 7) is 1.96. The highest BCUT2D eigenvalue weighted by atomic mass is 16.4. The van der Waals surface area contributed by atoms with Crippen LogP contribution in [-0.2, 0) is 11.2 Å². The van der Waals surface area contributed by atoms with Crippen LogP contribution in [0.1, 0.15) is 11.3 Å². The van der Waals surface area contributed by atoms with Gasteiger partial charge in [-0.05, 0) is 36.2 Å². The van der Waals surface area contributed by atoms with Crippen molar-refractivity contribution < 1.29 is 9.90 Å². The highest BCUT2D eigenvalue weighted by Crippen LogP contribution is 2.22. The molecule has 0 aliphatic heterocycles. The van der Waals surface area contributed by atoms with Crippen LogP contribution in [-0.4, -0.2) is 20.5 Å². The van der Waals surface area contributed by atoms with Gasteiger partial charge in [-0.25, -0.2) is 4.98 Å². The zero-order valence-electron chi connectivity index (χ0n) is 11.1. The van der Waals surface area contributed by atoms with E-state index in [-0.39, 0.29) is 6.42 Å². The Morgan fingerprint density at radius 1 is 1.25 bits per heavy atom. The predicted molar refractivity (Wildman–Crippen MR) is 76.7 cm³/mol. The van der Waals surface area contributed by atoms with Crippen molar-refractivity contribution in [3.8, 4) is 11.3 Å². The number of carbonyl (C=O) groups is 1. The molecule has 0 unspecified atom stereocenters. The van der Waals surface area contributed by atoms with Gasteiger partial charge in [0.25, 0.3) is 0 Å². The number of hydrogen-bond donors (Lipinski definition) is 1. The van der Waals surface area contributed by atoms with E-state index in [4.69, 9.17) is 5.11 Å². The maximum Gasteiger partial charge on any atom is 0.307 e. The maximum atomic E-state index is 10.8. The summed E-state index contributed by atoms with van der Waals surface area (Å²) in [6.07, 6.45) is 2.02. The molecule has 0 saturated carbocycles. The van der Waals surface area contributed by atoms with Gasteiger partial charge >= 0.3 is 5.97 Å². The van der Waals surface area contributed by atoms with E-state index in [1.807, 2.05) is 60.0 Å². The fourth-order valence-corrected chi connectivity index (χ4v) is 2.38. The number of rotatable bonds is 3. The molecule has 3 aromatic rings. The van der Waals surface area contributed by atoms with Crippen LogP contribution in [0.15, 0.2) is 48.7 Å². The van der Waals surface area contributed by atoms with Crippen LogP contribution in [0.5, 0.6) is 0 Å². The molecule has 0 amide bonds. The summed E-state index contributed by atoms with van der Waals surface area (Å²) in [6, 6.07) is 13.5. The molecule has 0 saturated heterocycles. The third kappa shape index (κ3) is 2.28. The zero-order chi connectivity index (χ0) is 14.1. The van der Waals surface area contributed by atoms with Crippen molar-refractivity contribution in [3.05, 3.63) is 59.9 Å². The molecule has 4 heteroatoms. The maximum absolute atomic E-state index is 10.8. The van der Waals surface area contributed by atoms with E-state index in [0.29, 0.717) is 0 Å². The Kier molecular flexibility index (Phi) is 2.99. The smallest absolute Gasteiger partial charge is 0.307 e. The molecule has 0 bridgehead atoms. The van der Waals surface area contributed by atoms with Crippen molar-refractivity contribution >= 4 is 11.6 Å². The fraction of sp³-hybridized carbons (Fsp3) is 0.125. The molecule has 1 N–H and O–H groups in total. The van der Waals surface area contributed by atoms with Crippen molar-refractivity contribution in [1.82, 2.24) is 9.38 Å². The number of carboxylic acids is 1. The summed E-state index contributed by atoms with van der Waals surface area (Å²) < 4.78 is 2.02. The molecule has 2 heterocycles. The number of aromatic nitrogens is 2. The van der Waals surface area contributed by atoms with Gasteiger partial charge in [-0.1, -0.05) is 24.3 Å². The number of hydrogen-bond acceptors (Lipinski definition) is 2. The van der Waals surface area contributed by atoms with E-state index in [9.17, 15) is 4.79 Å². The van der Waals surface area contributed by atoms with Gasteiger partial charge in [0.1, 0.15) is 5.65 Å². The SMILES string of the molecule is Cc1cn2c(-c3cccc(CC(=O)O)c3)cccc2n1. The van der Waals surface area contributed by atoms with Gasteiger partial charge in [-0.3, -0.25) is 9.20 Å². The molecular weight excluding hydrogens is 252 g/mol. The van der Waals surface area contributed by atoms with Crippen molar-refractivity contribution in [3.63, 3.8) is 0 Å². The van der Waals surface area contributed by atoms with Gasteiger partial charge in [-0.2, -0.15) is 0 Å². The highest BCUT2D eigenvalue weighted by molar-refractivity contribution is 5.72. The Morgan fingerprint density at radius 3 is 2.85 bits per heavy atom. The van der Waals surface area contributed by atoms with E-state index in [1.54, 1.807) is 0 Å². The molecule has 2 aromatic heterocycles. The Morgan fingerprint density at radius 2 is 2.05 bits per heavy atom. The van der Waals surface area contributed by atoms with Gasteiger partial charge in [0.2, 0.25) is 0 Å². The first-order chi connectivity index (χ1) is 9.63. The molecule has 0 aliphatic carbocycles. The van der Waals surface area contributed by atoms with Gasteiger partial charge in [0, 0.05) is 6.20 Å². The predicted octanol–water partition coefficient (Wildman–Crippen LogP) is 2.94. The lowest BCUT2D eigenvalue weighted by molar-refractivity contribution is -0.136. The lowest BCUT2D eigenvalue weighted by Gasteiger charge is -2.07. The van der Waals surface area contributed by atoms with E-state index in [0.717, 1.165) is 28.2 Å². The average molecular weight is 266 g/mol. The van der Waals surface area contributed by atoms with Crippen molar-refractivity contribution in [2.45, 2.75) is 13.3 Å². The average Bonchev–Trinajstić information content (AvgIpc) is 2.78. The van der Waals surface area contributed by atoms with E-state index in [1.165, 1.54) is 0 Å². The normalized spacial score (nSPS) is 10.8. The Bertz CT molecular complexity index is 790. The lowest BCUT2D eigenvalue weighted by Crippen LogP contribution is -2.00. The third-order valence-electron chi connectivity index (χ3n) is 3.19. The molecule has 0 fully saturated rings. The second kappa shape index (κ2) is 4.81. The van der Waals surface area contributed by atoms with E-state index in [2.05, 4.69) is 4.98 Å². The number of fused-ring (bicyclic) bond motifs is 1. The first-order valence-electron chi connectivity index (χ1n) is 6.39. The van der Waals surface area contributed by atoms with Crippen LogP contribution in [0, 0.1) is 6.92 Å². The van der Waals surface area contributed by atoms with Gasteiger partial charge in [0.05, 0.1) is 17.8 Å². The standard InChI is InChI=1S/C16H14N2O2/c1-11-10-18-14(6-3-7-15(18)17-11)13-5-2-4-12(8-13)9-16(19)20/h2-8,10H,9H2,1H3,(H,19,20). The molecule has 0 aliphatic rings. The van der Waals surface area contributed by atoms with Gasteiger partial charge < -0.3 is 5.11 Å². The molecule has 0 spiro atoms. The second-order valence-corrected chi connectivity index (χ2v) is 4.79. The summed E-state index contributed by atoms with van der Waals surface area (Å²) in [4.78, 5) is 15.3. The van der Waals surface area contributed by atoms with E-state index >= 15 is 0 Å². The molecule has 3 rings (SSSR count). The number of pyridine rings is 1. The zero-order valence-corrected chi connectivity index (χ0v) is 11.1. The van der Waals surface area contributed by atoms with Crippen LogP contribution in [0.4, 0.5) is 0 Å². The molecule has 0 radical (unpaired) electrons. The van der Waals surface area contributed by atoms with Crippen LogP contribution >= 0.6 is 0 Å². The van der Waals surface area contributed by atoms with E-state index < -0.39 is 5.97 Å². The minimum Gasteiger partial charge on any atom is -0.481 e. The number of imidazole rings is 1. The number of aryl methyl sites for hydroxylation is 1. The molecule has 0 atom stereocenters. The molecular formula is C16H14N2O2. The first-order valence-corrected chi connectivity index (χ1v) is 6.39. The molecule has 20 heavy (non-hydrogen) atoms. The number of nitrogens with zero attached hydrogens (tertiary/aromatic N) is 2. The summed E-state index contributed by atoms with van der Waals surface area (Å²) in [5, 5.41) is 8.89. The summed E-state index contributed by atoms with van der Waals surface area (Å²) >= 11 is 0. The third-order valence-corrected chi connectivity index (χ3v) is 3.19. The number of benzene rings is 1. The topological polar surface area (TPSA) is 54.6 Å². The first kappa shape index (κ1) is 12.4. The molecule has 100 valence electrons. The van der Waals surface area contributed by atoms with Crippen LogP contribution in [0.3, 0.4) is 0 Å². The van der Waals surface area contributed by atoms with Crippen LogP contribution < -0.4 is 0 Å². The number of aliphatic carboxylic acids is 1. The van der Waals surface area contributed by atoms with Crippen molar-refractivity contribution in [1.29, 1.82) is 0 Å².